The zero-order valence-corrected chi connectivity index (χ0v) is 24.9. The molecule has 1 fully saturated rings. The van der Waals surface area contributed by atoms with E-state index in [4.69, 9.17) is 20.9 Å². The fourth-order valence-corrected chi connectivity index (χ4v) is 5.72. The third kappa shape index (κ3) is 10.2. The van der Waals surface area contributed by atoms with Crippen LogP contribution in [0.4, 0.5) is 11.4 Å². The molecule has 7 nitrogen and oxygen atoms in total. The average molecular weight is 585 g/mol. The van der Waals surface area contributed by atoms with Crippen LogP contribution < -0.4 is 20.9 Å². The van der Waals surface area contributed by atoms with E-state index in [0.717, 1.165) is 49.8 Å². The molecule has 0 spiro atoms. The number of esters is 1. The maximum atomic E-state index is 12.3. The highest BCUT2D eigenvalue weighted by Gasteiger charge is 2.16. The van der Waals surface area contributed by atoms with Gasteiger partial charge in [-0.25, -0.2) is 9.59 Å². The van der Waals surface area contributed by atoms with Gasteiger partial charge in [-0.1, -0.05) is 69.2 Å². The molecule has 0 saturated heterocycles. The van der Waals surface area contributed by atoms with E-state index in [1.165, 1.54) is 49.8 Å². The van der Waals surface area contributed by atoms with Gasteiger partial charge < -0.3 is 26.0 Å². The Labute approximate surface area is 254 Å². The number of nitrogens with two attached hydrogens (primary N) is 2. The molecule has 0 aromatic heterocycles. The second-order valence-electron chi connectivity index (χ2n) is 11.4. The number of anilines is 2. The van der Waals surface area contributed by atoms with Crippen LogP contribution in [0.3, 0.4) is 0 Å². The highest BCUT2D eigenvalue weighted by molar-refractivity contribution is 5.92. The number of carboxylic acid groups (broad SMARTS) is 1. The summed E-state index contributed by atoms with van der Waals surface area (Å²) in [5.74, 6) is 0.604. The quantitative estimate of drug-likeness (QED) is 0.0541. The number of nitrogen functional groups attached to an aromatic ring is 2. The fraction of sp³-hybridized carbons (Fsp3) is 0.389. The molecule has 43 heavy (non-hydrogen) atoms. The van der Waals surface area contributed by atoms with Crippen LogP contribution in [-0.4, -0.2) is 23.7 Å². The van der Waals surface area contributed by atoms with Gasteiger partial charge in [0.2, 0.25) is 0 Å². The summed E-state index contributed by atoms with van der Waals surface area (Å²) in [5, 5.41) is 9.42. The normalized spacial score (nSPS) is 13.7. The van der Waals surface area contributed by atoms with E-state index in [0.29, 0.717) is 41.6 Å². The van der Waals surface area contributed by atoms with E-state index in [2.05, 4.69) is 12.1 Å². The van der Waals surface area contributed by atoms with Gasteiger partial charge in [0, 0.05) is 17.5 Å². The summed E-state index contributed by atoms with van der Waals surface area (Å²) in [5.41, 5.74) is 15.7. The molecule has 0 unspecified atom stereocenters. The Balaban J connectivity index is 1.08. The zero-order chi connectivity index (χ0) is 30.4. The highest BCUT2D eigenvalue weighted by Crippen LogP contribution is 2.33. The van der Waals surface area contributed by atoms with Crippen molar-refractivity contribution in [2.24, 2.45) is 0 Å². The number of carbonyl (C=O) groups is 2. The van der Waals surface area contributed by atoms with Crippen LogP contribution in [0.1, 0.15) is 104 Å². The predicted molar refractivity (Wildman–Crippen MR) is 173 cm³/mol. The van der Waals surface area contributed by atoms with Gasteiger partial charge in [-0.2, -0.15) is 0 Å². The summed E-state index contributed by atoms with van der Waals surface area (Å²) in [6.07, 6.45) is 16.3. The summed E-state index contributed by atoms with van der Waals surface area (Å²) >= 11 is 0. The van der Waals surface area contributed by atoms with Crippen LogP contribution in [0.2, 0.25) is 0 Å². The number of ether oxygens (including phenoxy) is 2. The molecule has 0 bridgehead atoms. The van der Waals surface area contributed by atoms with Crippen LogP contribution in [0.25, 0.3) is 6.08 Å². The first-order valence-corrected chi connectivity index (χ1v) is 15.5. The van der Waals surface area contributed by atoms with E-state index < -0.39 is 11.9 Å². The minimum atomic E-state index is -0.994. The maximum absolute atomic E-state index is 12.3. The van der Waals surface area contributed by atoms with E-state index >= 15 is 0 Å². The molecule has 4 rings (SSSR count). The Hall–Kier alpha value is -4.26. The largest absolute Gasteiger partial charge is 0.494 e. The summed E-state index contributed by atoms with van der Waals surface area (Å²) in [7, 11) is 0. The Bertz CT molecular complexity index is 1360. The summed E-state index contributed by atoms with van der Waals surface area (Å²) < 4.78 is 11.3. The highest BCUT2D eigenvalue weighted by atomic mass is 16.5. The zero-order valence-electron chi connectivity index (χ0n) is 24.9. The van der Waals surface area contributed by atoms with Gasteiger partial charge in [-0.15, -0.1) is 0 Å². The van der Waals surface area contributed by atoms with E-state index in [1.54, 1.807) is 12.1 Å². The molecule has 3 aromatic carbocycles. The van der Waals surface area contributed by atoms with Gasteiger partial charge in [0.25, 0.3) is 0 Å². The lowest BCUT2D eigenvalue weighted by atomic mass is 9.84. The van der Waals surface area contributed by atoms with Gasteiger partial charge in [0.05, 0.1) is 12.2 Å². The molecule has 0 atom stereocenters. The predicted octanol–water partition coefficient (Wildman–Crippen LogP) is 8.18. The topological polar surface area (TPSA) is 125 Å². The van der Waals surface area contributed by atoms with Crippen molar-refractivity contribution in [3.05, 3.63) is 89.0 Å². The minimum absolute atomic E-state index is 0.201. The first-order chi connectivity index (χ1) is 20.9. The van der Waals surface area contributed by atoms with Crippen molar-refractivity contribution in [1.29, 1.82) is 0 Å². The second kappa shape index (κ2) is 16.4. The molecular formula is C36H44N2O5. The van der Waals surface area contributed by atoms with Crippen molar-refractivity contribution < 1.29 is 24.2 Å². The molecule has 0 amide bonds. The maximum Gasteiger partial charge on any atom is 0.336 e. The molecule has 1 aliphatic rings. The number of aromatic carboxylic acids is 1. The van der Waals surface area contributed by atoms with Crippen LogP contribution >= 0.6 is 0 Å². The smallest absolute Gasteiger partial charge is 0.336 e. The van der Waals surface area contributed by atoms with Crippen molar-refractivity contribution in [2.45, 2.75) is 83.0 Å². The Morgan fingerprint density at radius 2 is 1.47 bits per heavy atom. The van der Waals surface area contributed by atoms with Crippen molar-refractivity contribution in [1.82, 2.24) is 0 Å². The first-order valence-electron chi connectivity index (χ1n) is 15.5. The number of hydrogen-bond acceptors (Lipinski definition) is 6. The standard InChI is InChI=1S/C36H44N2O5/c37-29-24-33(36(40)41)32(34(38)25-29)12-8-3-1-2-4-9-23-42-30-18-13-26(14-19-30)15-22-35(39)43-31-20-16-28(17-21-31)27-10-6-5-7-11-27/h13-22,24-25,27H,1-12,23,37-38H2,(H,40,41)/b22-15+. The molecule has 228 valence electrons. The van der Waals surface area contributed by atoms with Crippen LogP contribution in [0, 0.1) is 0 Å². The molecule has 1 saturated carbocycles. The average Bonchev–Trinajstić information content (AvgIpc) is 3.01. The molecular weight excluding hydrogens is 540 g/mol. The molecule has 5 N–H and O–H groups in total. The molecule has 1 aliphatic carbocycles. The third-order valence-electron chi connectivity index (χ3n) is 8.09. The van der Waals surface area contributed by atoms with Gasteiger partial charge in [-0.05, 0) is 97.2 Å². The van der Waals surface area contributed by atoms with Crippen LogP contribution in [0.5, 0.6) is 11.5 Å². The number of unbranched alkanes of at least 4 members (excludes halogenated alkanes) is 5. The minimum Gasteiger partial charge on any atom is -0.494 e. The molecule has 3 aromatic rings. The molecule has 0 radical (unpaired) electrons. The molecule has 0 heterocycles. The van der Waals surface area contributed by atoms with Crippen LogP contribution in [0.15, 0.2) is 66.7 Å². The number of rotatable bonds is 15. The second-order valence-corrected chi connectivity index (χ2v) is 11.4. The first kappa shape index (κ1) is 31.7. The number of carbonyl (C=O) groups excluding carboxylic acids is 1. The van der Waals surface area contributed by atoms with E-state index in [1.807, 2.05) is 36.4 Å². The van der Waals surface area contributed by atoms with Crippen molar-refractivity contribution in [3.8, 4) is 11.5 Å². The fourth-order valence-electron chi connectivity index (χ4n) is 5.72. The van der Waals surface area contributed by atoms with Gasteiger partial charge in [-0.3, -0.25) is 0 Å². The van der Waals surface area contributed by atoms with E-state index in [-0.39, 0.29) is 5.56 Å². The van der Waals surface area contributed by atoms with Crippen LogP contribution in [-0.2, 0) is 11.2 Å². The van der Waals surface area contributed by atoms with Gasteiger partial charge >= 0.3 is 11.9 Å². The Morgan fingerprint density at radius 1 is 0.814 bits per heavy atom. The Kier molecular flexibility index (Phi) is 12.1. The van der Waals surface area contributed by atoms with Gasteiger partial charge in [0.1, 0.15) is 11.5 Å². The lowest BCUT2D eigenvalue weighted by Crippen LogP contribution is -2.07. The Morgan fingerprint density at radius 3 is 2.16 bits per heavy atom. The van der Waals surface area contributed by atoms with Gasteiger partial charge in [0.15, 0.2) is 0 Å². The SMILES string of the molecule is Nc1cc(N)c(CCCCCCCCOc2ccc(/C=C/C(=O)Oc3ccc(C4CCCCC4)cc3)cc2)c(C(=O)O)c1. The lowest BCUT2D eigenvalue weighted by molar-refractivity contribution is -0.128. The van der Waals surface area contributed by atoms with Crippen molar-refractivity contribution in [2.75, 3.05) is 18.1 Å². The number of hydrogen-bond donors (Lipinski definition) is 3. The lowest BCUT2D eigenvalue weighted by Gasteiger charge is -2.21. The number of carboxylic acids is 1. The third-order valence-corrected chi connectivity index (χ3v) is 8.09. The molecule has 7 heteroatoms. The monoisotopic (exact) mass is 584 g/mol. The van der Waals surface area contributed by atoms with E-state index in [9.17, 15) is 14.7 Å². The summed E-state index contributed by atoms with van der Waals surface area (Å²) in [6.45, 7) is 0.644. The van der Waals surface area contributed by atoms with Crippen molar-refractivity contribution in [3.63, 3.8) is 0 Å². The molecule has 0 aliphatic heterocycles. The van der Waals surface area contributed by atoms with Crippen molar-refractivity contribution >= 4 is 29.4 Å². The number of benzene rings is 3. The summed E-state index contributed by atoms with van der Waals surface area (Å²) in [6, 6.07) is 18.7. The summed E-state index contributed by atoms with van der Waals surface area (Å²) in [4.78, 5) is 23.8.